The van der Waals surface area contributed by atoms with Crippen molar-refractivity contribution in [2.75, 3.05) is 0 Å². The molecule has 18 heavy (non-hydrogen) atoms. The lowest BCUT2D eigenvalue weighted by molar-refractivity contribution is 1.44. The van der Waals surface area contributed by atoms with E-state index in [1.54, 1.807) is 12.2 Å². The second-order valence-electron chi connectivity index (χ2n) is 4.22. The number of aryl methyl sites for hydroxylation is 1. The smallest absolute Gasteiger partial charge is 0.0188 e. The maximum atomic E-state index is 3.84. The summed E-state index contributed by atoms with van der Waals surface area (Å²) in [4.78, 5) is 0. The topological polar surface area (TPSA) is 0 Å². The van der Waals surface area contributed by atoms with Gasteiger partial charge in [-0.2, -0.15) is 0 Å². The molecule has 1 aromatic carbocycles. The van der Waals surface area contributed by atoms with Gasteiger partial charge in [-0.3, -0.25) is 0 Å². The summed E-state index contributed by atoms with van der Waals surface area (Å²) >= 11 is 0. The zero-order chi connectivity index (χ0) is 13.5. The van der Waals surface area contributed by atoms with Crippen LogP contribution in [0.2, 0.25) is 0 Å². The van der Waals surface area contributed by atoms with Crippen molar-refractivity contribution in [3.63, 3.8) is 0 Å². The first-order valence-corrected chi connectivity index (χ1v) is 5.99. The molecule has 1 rings (SSSR count). The Kier molecular flexibility index (Phi) is 5.13. The highest BCUT2D eigenvalue weighted by molar-refractivity contribution is 5.68. The zero-order valence-electron chi connectivity index (χ0n) is 11.2. The lowest BCUT2D eigenvalue weighted by Gasteiger charge is -2.05. The van der Waals surface area contributed by atoms with Gasteiger partial charge in [0.1, 0.15) is 0 Å². The SMILES string of the molecule is C=CC(C=C)=C(C=C)/C=C(\C)c1ccc(C)cc1. The Hall–Kier alpha value is -2.08. The molecule has 0 atom stereocenters. The molecule has 92 valence electrons. The minimum atomic E-state index is 0.997. The Balaban J connectivity index is 3.18. The summed E-state index contributed by atoms with van der Waals surface area (Å²) in [6.45, 7) is 15.6. The van der Waals surface area contributed by atoms with Crippen LogP contribution in [0.5, 0.6) is 0 Å². The van der Waals surface area contributed by atoms with Crippen molar-refractivity contribution >= 4 is 5.57 Å². The van der Waals surface area contributed by atoms with Crippen molar-refractivity contribution in [3.05, 3.63) is 90.6 Å². The zero-order valence-corrected chi connectivity index (χ0v) is 11.2. The van der Waals surface area contributed by atoms with Crippen LogP contribution in [0.15, 0.2) is 79.5 Å². The average molecular weight is 236 g/mol. The fourth-order valence-electron chi connectivity index (χ4n) is 1.71. The first-order chi connectivity index (χ1) is 8.62. The fourth-order valence-corrected chi connectivity index (χ4v) is 1.71. The number of hydrogen-bond acceptors (Lipinski definition) is 0. The van der Waals surface area contributed by atoms with E-state index >= 15 is 0 Å². The van der Waals surface area contributed by atoms with Gasteiger partial charge in [-0.25, -0.2) is 0 Å². The third-order valence-electron chi connectivity index (χ3n) is 2.87. The molecule has 0 saturated carbocycles. The van der Waals surface area contributed by atoms with Crippen molar-refractivity contribution in [3.8, 4) is 0 Å². The molecule has 0 heteroatoms. The summed E-state index contributed by atoms with van der Waals surface area (Å²) in [7, 11) is 0. The summed E-state index contributed by atoms with van der Waals surface area (Å²) in [6.07, 6.45) is 7.53. The second-order valence-corrected chi connectivity index (χ2v) is 4.22. The second kappa shape index (κ2) is 6.61. The quantitative estimate of drug-likeness (QED) is 0.612. The molecule has 0 N–H and O–H groups in total. The van der Waals surface area contributed by atoms with E-state index in [0.717, 1.165) is 11.1 Å². The third kappa shape index (κ3) is 3.46. The molecule has 0 bridgehead atoms. The fraction of sp³-hybridized carbons (Fsp3) is 0.111. The van der Waals surface area contributed by atoms with Crippen molar-refractivity contribution in [1.82, 2.24) is 0 Å². The molecule has 0 aromatic heterocycles. The Bertz CT molecular complexity index is 497. The van der Waals surface area contributed by atoms with Gasteiger partial charge in [-0.15, -0.1) is 0 Å². The Labute approximate surface area is 110 Å². The maximum Gasteiger partial charge on any atom is -0.0188 e. The molecule has 0 heterocycles. The third-order valence-corrected chi connectivity index (χ3v) is 2.87. The molecule has 0 aliphatic carbocycles. The number of rotatable bonds is 5. The van der Waals surface area contributed by atoms with Crippen LogP contribution in [0.3, 0.4) is 0 Å². The van der Waals surface area contributed by atoms with Crippen LogP contribution in [0.1, 0.15) is 18.1 Å². The Morgan fingerprint density at radius 3 is 1.83 bits per heavy atom. The molecule has 1 aromatic rings. The van der Waals surface area contributed by atoms with E-state index in [1.807, 2.05) is 6.08 Å². The molecule has 0 saturated heterocycles. The van der Waals surface area contributed by atoms with E-state index in [0.29, 0.717) is 0 Å². The molecule has 0 aliphatic rings. The van der Waals surface area contributed by atoms with Crippen LogP contribution in [0.4, 0.5) is 0 Å². The van der Waals surface area contributed by atoms with Crippen LogP contribution < -0.4 is 0 Å². The molecule has 0 aliphatic heterocycles. The first kappa shape index (κ1) is 14.0. The van der Waals surface area contributed by atoms with Crippen molar-refractivity contribution < 1.29 is 0 Å². The van der Waals surface area contributed by atoms with Gasteiger partial charge < -0.3 is 0 Å². The van der Waals surface area contributed by atoms with E-state index in [9.17, 15) is 0 Å². The molecule has 0 unspecified atom stereocenters. The van der Waals surface area contributed by atoms with Gasteiger partial charge in [0.05, 0.1) is 0 Å². The summed E-state index contributed by atoms with van der Waals surface area (Å²) in [5.41, 5.74) is 5.72. The van der Waals surface area contributed by atoms with Crippen molar-refractivity contribution in [2.45, 2.75) is 13.8 Å². The molecular weight excluding hydrogens is 216 g/mol. The highest BCUT2D eigenvalue weighted by Gasteiger charge is 1.98. The summed E-state index contributed by atoms with van der Waals surface area (Å²) in [5, 5.41) is 0. The van der Waals surface area contributed by atoms with E-state index in [4.69, 9.17) is 0 Å². The first-order valence-electron chi connectivity index (χ1n) is 5.99. The molecule has 0 fully saturated rings. The number of benzene rings is 1. The van der Waals surface area contributed by atoms with Gasteiger partial charge in [-0.1, -0.05) is 73.9 Å². The van der Waals surface area contributed by atoms with E-state index in [-0.39, 0.29) is 0 Å². The standard InChI is InChI=1S/C18H20/c1-6-16(7-2)17(8-3)13-15(5)18-11-9-14(4)10-12-18/h6-13H,1-3H2,4-5H3/b15-13+. The molecule has 0 spiro atoms. The lowest BCUT2D eigenvalue weighted by atomic mass is 10.0. The monoisotopic (exact) mass is 236 g/mol. The van der Waals surface area contributed by atoms with E-state index in [2.05, 4.69) is 63.9 Å². The van der Waals surface area contributed by atoms with Crippen LogP contribution in [0.25, 0.3) is 5.57 Å². The van der Waals surface area contributed by atoms with Crippen LogP contribution >= 0.6 is 0 Å². The summed E-state index contributed by atoms with van der Waals surface area (Å²) < 4.78 is 0. The maximum absolute atomic E-state index is 3.84. The van der Waals surface area contributed by atoms with Gasteiger partial charge in [-0.05, 0) is 36.1 Å². The number of hydrogen-bond donors (Lipinski definition) is 0. The van der Waals surface area contributed by atoms with Crippen molar-refractivity contribution in [2.24, 2.45) is 0 Å². The minimum absolute atomic E-state index is 0.997. The van der Waals surface area contributed by atoms with Crippen molar-refractivity contribution in [1.29, 1.82) is 0 Å². The van der Waals surface area contributed by atoms with Gasteiger partial charge in [0.2, 0.25) is 0 Å². The molecule has 0 radical (unpaired) electrons. The average Bonchev–Trinajstić information content (AvgIpc) is 2.39. The predicted octanol–water partition coefficient (Wildman–Crippen LogP) is 5.25. The lowest BCUT2D eigenvalue weighted by Crippen LogP contribution is -1.84. The van der Waals surface area contributed by atoms with Crippen LogP contribution in [0, 0.1) is 6.92 Å². The summed E-state index contributed by atoms with van der Waals surface area (Å²) in [6, 6.07) is 8.49. The van der Waals surface area contributed by atoms with Gasteiger partial charge in [0, 0.05) is 0 Å². The van der Waals surface area contributed by atoms with Crippen LogP contribution in [-0.2, 0) is 0 Å². The Morgan fingerprint density at radius 1 is 0.889 bits per heavy atom. The van der Waals surface area contributed by atoms with E-state index < -0.39 is 0 Å². The highest BCUT2D eigenvalue weighted by atomic mass is 14.0. The minimum Gasteiger partial charge on any atom is -0.0984 e. The molecular formula is C18H20. The molecule has 0 nitrogen and oxygen atoms in total. The molecule has 0 amide bonds. The summed E-state index contributed by atoms with van der Waals surface area (Å²) in [5.74, 6) is 0. The largest absolute Gasteiger partial charge is 0.0984 e. The van der Waals surface area contributed by atoms with Gasteiger partial charge in [0.25, 0.3) is 0 Å². The van der Waals surface area contributed by atoms with Gasteiger partial charge in [0.15, 0.2) is 0 Å². The normalized spacial score (nSPS) is 10.7. The predicted molar refractivity (Wildman–Crippen MR) is 82.4 cm³/mol. The Morgan fingerprint density at radius 2 is 1.39 bits per heavy atom. The highest BCUT2D eigenvalue weighted by Crippen LogP contribution is 2.19. The number of allylic oxidation sites excluding steroid dienone is 7. The van der Waals surface area contributed by atoms with E-state index in [1.165, 1.54) is 16.7 Å². The van der Waals surface area contributed by atoms with Gasteiger partial charge >= 0.3 is 0 Å². The van der Waals surface area contributed by atoms with Crippen LogP contribution in [-0.4, -0.2) is 0 Å².